The highest BCUT2D eigenvalue weighted by molar-refractivity contribution is 5.62. The maximum atomic E-state index is 5.75. The number of hydrogen-bond donors (Lipinski definition) is 2. The van der Waals surface area contributed by atoms with Crippen molar-refractivity contribution in [1.82, 2.24) is 4.98 Å². The minimum Gasteiger partial charge on any atom is -0.396 e. The summed E-state index contributed by atoms with van der Waals surface area (Å²) < 4.78 is 0. The van der Waals surface area contributed by atoms with Crippen LogP contribution in [0.4, 0.5) is 17.3 Å². The van der Waals surface area contributed by atoms with Gasteiger partial charge in [-0.15, -0.1) is 0 Å². The Labute approximate surface area is 103 Å². The van der Waals surface area contributed by atoms with Gasteiger partial charge in [-0.25, -0.2) is 4.98 Å². The van der Waals surface area contributed by atoms with E-state index in [0.717, 1.165) is 18.9 Å². The van der Waals surface area contributed by atoms with E-state index in [0.29, 0.717) is 22.8 Å². The first-order valence-electron chi connectivity index (χ1n) is 6.15. The summed E-state index contributed by atoms with van der Waals surface area (Å²) in [6.07, 6.45) is 1.22. The fourth-order valence-electron chi connectivity index (χ4n) is 2.33. The van der Waals surface area contributed by atoms with Crippen LogP contribution in [0.3, 0.4) is 0 Å². The summed E-state index contributed by atoms with van der Waals surface area (Å²) in [5.74, 6) is 2.09. The first-order chi connectivity index (χ1) is 7.88. The smallest absolute Gasteiger partial charge is 0.149 e. The van der Waals surface area contributed by atoms with Crippen LogP contribution in [-0.4, -0.2) is 18.1 Å². The first kappa shape index (κ1) is 12.0. The SMILES string of the molecule is CC(C)(C)C1CCN(c2ccc(N)c(N)n2)C1. The van der Waals surface area contributed by atoms with Crippen molar-refractivity contribution in [3.63, 3.8) is 0 Å². The summed E-state index contributed by atoms with van der Waals surface area (Å²) >= 11 is 0. The summed E-state index contributed by atoms with van der Waals surface area (Å²) in [7, 11) is 0. The molecular formula is C13H22N4. The number of nitrogens with zero attached hydrogens (tertiary/aromatic N) is 2. The van der Waals surface area contributed by atoms with Gasteiger partial charge in [0.25, 0.3) is 0 Å². The second-order valence-electron chi connectivity index (χ2n) is 5.94. The largest absolute Gasteiger partial charge is 0.396 e. The maximum absolute atomic E-state index is 5.75. The van der Waals surface area contributed by atoms with Crippen molar-refractivity contribution in [2.75, 3.05) is 29.5 Å². The molecule has 4 N–H and O–H groups in total. The van der Waals surface area contributed by atoms with Gasteiger partial charge in [0.2, 0.25) is 0 Å². The molecule has 1 aromatic rings. The molecule has 1 saturated heterocycles. The molecule has 0 amide bonds. The third-order valence-corrected chi connectivity index (χ3v) is 3.68. The molecule has 1 aliphatic heterocycles. The average molecular weight is 234 g/mol. The van der Waals surface area contributed by atoms with Crippen LogP contribution in [0.5, 0.6) is 0 Å². The van der Waals surface area contributed by atoms with Gasteiger partial charge in [0, 0.05) is 13.1 Å². The lowest BCUT2D eigenvalue weighted by Crippen LogP contribution is -2.26. The van der Waals surface area contributed by atoms with Crippen LogP contribution in [0.25, 0.3) is 0 Å². The fourth-order valence-corrected chi connectivity index (χ4v) is 2.33. The summed E-state index contributed by atoms with van der Waals surface area (Å²) in [4.78, 5) is 6.65. The lowest BCUT2D eigenvalue weighted by molar-refractivity contribution is 0.263. The topological polar surface area (TPSA) is 68.2 Å². The Morgan fingerprint density at radius 3 is 2.53 bits per heavy atom. The van der Waals surface area contributed by atoms with Gasteiger partial charge in [-0.1, -0.05) is 20.8 Å². The molecule has 2 heterocycles. The van der Waals surface area contributed by atoms with Gasteiger partial charge in [0.1, 0.15) is 11.6 Å². The maximum Gasteiger partial charge on any atom is 0.149 e. The first-order valence-corrected chi connectivity index (χ1v) is 6.15. The summed E-state index contributed by atoms with van der Waals surface area (Å²) in [5, 5.41) is 0. The third-order valence-electron chi connectivity index (χ3n) is 3.68. The number of aromatic nitrogens is 1. The van der Waals surface area contributed by atoms with Crippen LogP contribution in [0, 0.1) is 11.3 Å². The Morgan fingerprint density at radius 2 is 2.00 bits per heavy atom. The second-order valence-corrected chi connectivity index (χ2v) is 5.94. The van der Waals surface area contributed by atoms with Crippen LogP contribution in [0.15, 0.2) is 12.1 Å². The molecule has 4 heteroatoms. The van der Waals surface area contributed by atoms with Crippen molar-refractivity contribution in [1.29, 1.82) is 0 Å². The van der Waals surface area contributed by atoms with E-state index in [1.165, 1.54) is 6.42 Å². The Kier molecular flexibility index (Phi) is 2.89. The molecule has 0 aliphatic carbocycles. The Morgan fingerprint density at radius 1 is 1.29 bits per heavy atom. The summed E-state index contributed by atoms with van der Waals surface area (Å²) in [6.45, 7) is 9.00. The number of nitrogen functional groups attached to an aromatic ring is 2. The molecule has 0 saturated carbocycles. The predicted molar refractivity (Wildman–Crippen MR) is 72.8 cm³/mol. The molecule has 94 valence electrons. The zero-order chi connectivity index (χ0) is 12.6. The van der Waals surface area contributed by atoms with E-state index in [1.807, 2.05) is 12.1 Å². The van der Waals surface area contributed by atoms with Crippen LogP contribution in [0.1, 0.15) is 27.2 Å². The summed E-state index contributed by atoms with van der Waals surface area (Å²) in [5.41, 5.74) is 12.3. The second kappa shape index (κ2) is 4.09. The third kappa shape index (κ3) is 2.46. The van der Waals surface area contributed by atoms with E-state index in [2.05, 4.69) is 30.7 Å². The van der Waals surface area contributed by atoms with E-state index in [-0.39, 0.29) is 0 Å². The van der Waals surface area contributed by atoms with Crippen molar-refractivity contribution in [3.8, 4) is 0 Å². The van der Waals surface area contributed by atoms with Gasteiger partial charge < -0.3 is 16.4 Å². The molecule has 1 fully saturated rings. The van der Waals surface area contributed by atoms with Crippen LogP contribution in [0.2, 0.25) is 0 Å². The normalized spacial score (nSPS) is 20.9. The van der Waals surface area contributed by atoms with E-state index in [4.69, 9.17) is 11.5 Å². The van der Waals surface area contributed by atoms with Crippen LogP contribution >= 0.6 is 0 Å². The Hall–Kier alpha value is -1.45. The average Bonchev–Trinajstić information content (AvgIpc) is 2.70. The molecule has 1 unspecified atom stereocenters. The number of pyridine rings is 1. The Balaban J connectivity index is 2.13. The number of rotatable bonds is 1. The zero-order valence-corrected chi connectivity index (χ0v) is 10.9. The molecule has 17 heavy (non-hydrogen) atoms. The monoisotopic (exact) mass is 234 g/mol. The van der Waals surface area contributed by atoms with Gasteiger partial charge in [-0.3, -0.25) is 0 Å². The van der Waals surface area contributed by atoms with Gasteiger partial charge in [0.15, 0.2) is 0 Å². The van der Waals surface area contributed by atoms with Crippen LogP contribution < -0.4 is 16.4 Å². The van der Waals surface area contributed by atoms with Gasteiger partial charge in [-0.2, -0.15) is 0 Å². The van der Waals surface area contributed by atoms with Gasteiger partial charge in [-0.05, 0) is 29.9 Å². The van der Waals surface area contributed by atoms with Gasteiger partial charge >= 0.3 is 0 Å². The minimum atomic E-state index is 0.355. The predicted octanol–water partition coefficient (Wildman–Crippen LogP) is 2.12. The van der Waals surface area contributed by atoms with E-state index >= 15 is 0 Å². The molecule has 0 spiro atoms. The molecule has 4 nitrogen and oxygen atoms in total. The highest BCUT2D eigenvalue weighted by Crippen LogP contribution is 2.35. The Bertz CT molecular complexity index is 408. The van der Waals surface area contributed by atoms with E-state index < -0.39 is 0 Å². The van der Waals surface area contributed by atoms with E-state index in [1.54, 1.807) is 0 Å². The van der Waals surface area contributed by atoms with Crippen molar-refractivity contribution < 1.29 is 0 Å². The quantitative estimate of drug-likeness (QED) is 0.781. The molecule has 0 bridgehead atoms. The number of hydrogen-bond acceptors (Lipinski definition) is 4. The molecule has 0 radical (unpaired) electrons. The minimum absolute atomic E-state index is 0.355. The molecule has 0 aromatic carbocycles. The van der Waals surface area contributed by atoms with Crippen molar-refractivity contribution >= 4 is 17.3 Å². The lowest BCUT2D eigenvalue weighted by Gasteiger charge is -2.27. The van der Waals surface area contributed by atoms with Crippen molar-refractivity contribution in [2.45, 2.75) is 27.2 Å². The highest BCUT2D eigenvalue weighted by Gasteiger charge is 2.32. The van der Waals surface area contributed by atoms with E-state index in [9.17, 15) is 0 Å². The fraction of sp³-hybridized carbons (Fsp3) is 0.615. The van der Waals surface area contributed by atoms with Crippen molar-refractivity contribution in [3.05, 3.63) is 12.1 Å². The van der Waals surface area contributed by atoms with Crippen molar-refractivity contribution in [2.24, 2.45) is 11.3 Å². The lowest BCUT2D eigenvalue weighted by atomic mass is 9.80. The molecule has 2 rings (SSSR count). The molecular weight excluding hydrogens is 212 g/mol. The zero-order valence-electron chi connectivity index (χ0n) is 10.9. The van der Waals surface area contributed by atoms with Crippen LogP contribution in [-0.2, 0) is 0 Å². The molecule has 1 aromatic heterocycles. The number of anilines is 3. The number of nitrogens with two attached hydrogens (primary N) is 2. The standard InChI is InChI=1S/C13H22N4/c1-13(2,3)9-6-7-17(8-9)11-5-4-10(14)12(15)16-11/h4-5,9H,6-8,14H2,1-3H3,(H2,15,16). The molecule has 1 aliphatic rings. The summed E-state index contributed by atoms with van der Waals surface area (Å²) in [6, 6.07) is 3.79. The highest BCUT2D eigenvalue weighted by atomic mass is 15.2. The van der Waals surface area contributed by atoms with Gasteiger partial charge in [0.05, 0.1) is 5.69 Å². The molecule has 1 atom stereocenters.